The van der Waals surface area contributed by atoms with E-state index in [0.29, 0.717) is 5.92 Å². The molecule has 0 aliphatic rings. The Bertz CT molecular complexity index is 730. The van der Waals surface area contributed by atoms with Gasteiger partial charge in [-0.1, -0.05) is 38.1 Å². The van der Waals surface area contributed by atoms with Gasteiger partial charge in [0.15, 0.2) is 0 Å². The molecule has 5 heteroatoms. The predicted molar refractivity (Wildman–Crippen MR) is 82.7 cm³/mol. The summed E-state index contributed by atoms with van der Waals surface area (Å²) in [6.07, 6.45) is 7.17. The molecule has 1 aromatic carbocycles. The van der Waals surface area contributed by atoms with Crippen molar-refractivity contribution in [2.45, 2.75) is 25.8 Å². The summed E-state index contributed by atoms with van der Waals surface area (Å²) in [6, 6.07) is 8.41. The summed E-state index contributed by atoms with van der Waals surface area (Å²) in [5, 5.41) is 4.34. The Labute approximate surface area is 123 Å². The third-order valence-electron chi connectivity index (χ3n) is 3.77. The molecule has 0 fully saturated rings. The van der Waals surface area contributed by atoms with Crippen molar-refractivity contribution < 1.29 is 0 Å². The van der Waals surface area contributed by atoms with Crippen molar-refractivity contribution in [3.8, 4) is 0 Å². The van der Waals surface area contributed by atoms with E-state index in [1.807, 2.05) is 12.4 Å². The molecule has 0 aliphatic heterocycles. The van der Waals surface area contributed by atoms with Crippen molar-refractivity contribution in [1.82, 2.24) is 20.0 Å². The fraction of sp³-hybridized carbons (Fsp3) is 0.250. The largest absolute Gasteiger partial charge is 0.271 e. The van der Waals surface area contributed by atoms with Crippen LogP contribution >= 0.6 is 0 Å². The highest BCUT2D eigenvalue weighted by Crippen LogP contribution is 2.26. The molecule has 0 spiro atoms. The Morgan fingerprint density at radius 3 is 2.48 bits per heavy atom. The summed E-state index contributed by atoms with van der Waals surface area (Å²) in [4.78, 5) is 4.16. The van der Waals surface area contributed by atoms with Gasteiger partial charge in [-0.05, 0) is 17.0 Å². The van der Waals surface area contributed by atoms with Gasteiger partial charge in [-0.25, -0.2) is 9.94 Å². The fourth-order valence-electron chi connectivity index (χ4n) is 2.51. The first kappa shape index (κ1) is 13.7. The number of nitrogens with two attached hydrogens (primary N) is 1. The van der Waals surface area contributed by atoms with Crippen LogP contribution in [0.1, 0.15) is 42.5 Å². The van der Waals surface area contributed by atoms with E-state index in [-0.39, 0.29) is 6.04 Å². The lowest BCUT2D eigenvalue weighted by molar-refractivity contribution is 0.640. The molecule has 0 amide bonds. The summed E-state index contributed by atoms with van der Waals surface area (Å²) in [6.45, 7) is 4.37. The van der Waals surface area contributed by atoms with Crippen molar-refractivity contribution in [3.63, 3.8) is 0 Å². The van der Waals surface area contributed by atoms with E-state index in [9.17, 15) is 0 Å². The smallest absolute Gasteiger partial charge is 0.0896 e. The lowest BCUT2D eigenvalue weighted by atomic mass is 9.96. The molecule has 3 rings (SSSR count). The van der Waals surface area contributed by atoms with Crippen LogP contribution in [-0.2, 0) is 0 Å². The zero-order chi connectivity index (χ0) is 14.8. The zero-order valence-electron chi connectivity index (χ0n) is 12.2. The van der Waals surface area contributed by atoms with Crippen molar-refractivity contribution in [2.75, 3.05) is 0 Å². The summed E-state index contributed by atoms with van der Waals surface area (Å²) in [7, 11) is 0. The van der Waals surface area contributed by atoms with E-state index in [0.717, 1.165) is 16.6 Å². The third kappa shape index (κ3) is 2.53. The van der Waals surface area contributed by atoms with Crippen molar-refractivity contribution in [2.24, 2.45) is 5.84 Å². The lowest BCUT2D eigenvalue weighted by Crippen LogP contribution is -2.28. The Morgan fingerprint density at radius 1 is 1.10 bits per heavy atom. The summed E-state index contributed by atoms with van der Waals surface area (Å²) in [5.41, 5.74) is 7.28. The van der Waals surface area contributed by atoms with Crippen LogP contribution in [0, 0.1) is 0 Å². The van der Waals surface area contributed by atoms with Crippen molar-refractivity contribution in [1.29, 1.82) is 0 Å². The van der Waals surface area contributed by atoms with Crippen LogP contribution in [0.2, 0.25) is 0 Å². The molecule has 0 aliphatic carbocycles. The van der Waals surface area contributed by atoms with Crippen LogP contribution in [0.5, 0.6) is 0 Å². The number of aromatic nitrogens is 3. The summed E-state index contributed by atoms with van der Waals surface area (Å²) >= 11 is 0. The Morgan fingerprint density at radius 2 is 1.81 bits per heavy atom. The lowest BCUT2D eigenvalue weighted by Gasteiger charge is -2.16. The molecule has 0 saturated heterocycles. The Hall–Kier alpha value is -2.24. The van der Waals surface area contributed by atoms with Gasteiger partial charge in [0.1, 0.15) is 0 Å². The van der Waals surface area contributed by atoms with Gasteiger partial charge in [0.05, 0.1) is 24.0 Å². The number of fused-ring (bicyclic) bond motifs is 1. The standard InChI is InChI=1S/C16H19N5/c1-11(2)12-3-5-13(6-4-12)16(20-17)14-9-19-21-8-7-18-10-15(14)21/h3-11,16,20H,17H2,1-2H3. The third-order valence-corrected chi connectivity index (χ3v) is 3.77. The maximum Gasteiger partial charge on any atom is 0.0896 e. The molecule has 3 N–H and O–H groups in total. The van der Waals surface area contributed by atoms with Crippen LogP contribution < -0.4 is 11.3 Å². The maximum atomic E-state index is 5.78. The average Bonchev–Trinajstić information content (AvgIpc) is 2.93. The molecule has 2 aromatic heterocycles. The molecule has 1 unspecified atom stereocenters. The normalized spacial score (nSPS) is 13.0. The number of benzene rings is 1. The molecule has 2 heterocycles. The highest BCUT2D eigenvalue weighted by atomic mass is 15.3. The monoisotopic (exact) mass is 281 g/mol. The first-order valence-electron chi connectivity index (χ1n) is 7.04. The number of hydrogen-bond acceptors (Lipinski definition) is 4. The quantitative estimate of drug-likeness (QED) is 0.569. The minimum Gasteiger partial charge on any atom is -0.271 e. The predicted octanol–water partition coefficient (Wildman–Crippen LogP) is 2.41. The van der Waals surface area contributed by atoms with E-state index in [4.69, 9.17) is 5.84 Å². The van der Waals surface area contributed by atoms with Gasteiger partial charge >= 0.3 is 0 Å². The van der Waals surface area contributed by atoms with Crippen LogP contribution in [0.4, 0.5) is 0 Å². The van der Waals surface area contributed by atoms with Crippen LogP contribution in [0.15, 0.2) is 49.1 Å². The zero-order valence-corrected chi connectivity index (χ0v) is 12.2. The number of rotatable bonds is 4. The molecule has 0 bridgehead atoms. The number of nitrogens with one attached hydrogen (secondary N) is 1. The molecule has 108 valence electrons. The van der Waals surface area contributed by atoms with E-state index in [1.165, 1.54) is 5.56 Å². The average molecular weight is 281 g/mol. The van der Waals surface area contributed by atoms with Gasteiger partial charge in [-0.3, -0.25) is 10.8 Å². The molecular weight excluding hydrogens is 262 g/mol. The van der Waals surface area contributed by atoms with Crippen LogP contribution in [0.3, 0.4) is 0 Å². The minimum atomic E-state index is -0.104. The van der Waals surface area contributed by atoms with E-state index in [2.05, 4.69) is 53.6 Å². The van der Waals surface area contributed by atoms with Crippen LogP contribution in [0.25, 0.3) is 5.52 Å². The second kappa shape index (κ2) is 5.63. The van der Waals surface area contributed by atoms with Crippen molar-refractivity contribution >= 4 is 5.52 Å². The number of hydrazine groups is 1. The molecule has 21 heavy (non-hydrogen) atoms. The van der Waals surface area contributed by atoms with E-state index in [1.54, 1.807) is 16.9 Å². The topological polar surface area (TPSA) is 68.2 Å². The first-order chi connectivity index (χ1) is 10.2. The molecule has 1 atom stereocenters. The number of hydrogen-bond donors (Lipinski definition) is 2. The van der Waals surface area contributed by atoms with Gasteiger partial charge in [-0.15, -0.1) is 0 Å². The molecule has 0 saturated carbocycles. The Kier molecular flexibility index (Phi) is 3.68. The highest BCUT2D eigenvalue weighted by Gasteiger charge is 2.17. The first-order valence-corrected chi connectivity index (χ1v) is 7.04. The van der Waals surface area contributed by atoms with E-state index >= 15 is 0 Å². The number of nitrogens with zero attached hydrogens (tertiary/aromatic N) is 3. The van der Waals surface area contributed by atoms with Crippen molar-refractivity contribution in [3.05, 3.63) is 65.7 Å². The van der Waals surface area contributed by atoms with E-state index < -0.39 is 0 Å². The Balaban J connectivity index is 2.01. The van der Waals surface area contributed by atoms with Gasteiger partial charge in [0, 0.05) is 18.0 Å². The van der Waals surface area contributed by atoms with Gasteiger partial charge in [-0.2, -0.15) is 5.10 Å². The SMILES string of the molecule is CC(C)c1ccc(C(NN)c2cnn3ccncc23)cc1. The highest BCUT2D eigenvalue weighted by molar-refractivity contribution is 5.55. The second-order valence-electron chi connectivity index (χ2n) is 5.43. The molecular formula is C16H19N5. The molecule has 0 radical (unpaired) electrons. The van der Waals surface area contributed by atoms with Gasteiger partial charge < -0.3 is 0 Å². The molecule has 5 nitrogen and oxygen atoms in total. The summed E-state index contributed by atoms with van der Waals surface area (Å²) < 4.78 is 1.80. The molecule has 3 aromatic rings. The summed E-state index contributed by atoms with van der Waals surface area (Å²) in [5.74, 6) is 6.30. The van der Waals surface area contributed by atoms with Crippen LogP contribution in [-0.4, -0.2) is 14.6 Å². The van der Waals surface area contributed by atoms with Gasteiger partial charge in [0.25, 0.3) is 0 Å². The van der Waals surface area contributed by atoms with Gasteiger partial charge in [0.2, 0.25) is 0 Å². The minimum absolute atomic E-state index is 0.104. The second-order valence-corrected chi connectivity index (χ2v) is 5.43. The fourth-order valence-corrected chi connectivity index (χ4v) is 2.51. The maximum absolute atomic E-state index is 5.78.